The molecule has 2 N–H and O–H groups in total. The number of carbonyl (C=O) groups is 1. The fourth-order valence-corrected chi connectivity index (χ4v) is 3.51. The van der Waals surface area contributed by atoms with Gasteiger partial charge in [0.1, 0.15) is 5.75 Å². The van der Waals surface area contributed by atoms with E-state index in [-0.39, 0.29) is 19.0 Å². The smallest absolute Gasteiger partial charge is 0.471 e. The van der Waals surface area contributed by atoms with E-state index in [9.17, 15) is 18.0 Å². The molecule has 27 heavy (non-hydrogen) atoms. The van der Waals surface area contributed by atoms with Crippen LogP contribution in [0.15, 0.2) is 24.5 Å². The minimum atomic E-state index is -4.84. The van der Waals surface area contributed by atoms with Gasteiger partial charge in [-0.05, 0) is 42.0 Å². The molecular weight excluding hydrogens is 361 g/mol. The summed E-state index contributed by atoms with van der Waals surface area (Å²) >= 11 is 0. The summed E-state index contributed by atoms with van der Waals surface area (Å²) in [6.45, 7) is 0.115. The topological polar surface area (TPSA) is 73.4 Å². The summed E-state index contributed by atoms with van der Waals surface area (Å²) in [4.78, 5) is 12.3. The van der Waals surface area contributed by atoms with Crippen LogP contribution >= 0.6 is 0 Å². The number of anilines is 1. The Hall–Kier alpha value is -2.71. The number of halogens is 3. The van der Waals surface area contributed by atoms with Gasteiger partial charge in [0.25, 0.3) is 0 Å². The molecule has 3 rings (SSSR count). The molecule has 1 aromatic heterocycles. The summed E-state index contributed by atoms with van der Waals surface area (Å²) in [7, 11) is 3.32. The molecule has 146 valence electrons. The summed E-state index contributed by atoms with van der Waals surface area (Å²) in [5, 5.41) is 4.18. The van der Waals surface area contributed by atoms with Gasteiger partial charge in [-0.1, -0.05) is 0 Å². The number of rotatable bonds is 3. The fraction of sp³-hybridized carbons (Fsp3) is 0.444. The van der Waals surface area contributed by atoms with Crippen molar-refractivity contribution in [1.82, 2.24) is 14.7 Å². The number of hydrogen-bond acceptors (Lipinski definition) is 4. The highest BCUT2D eigenvalue weighted by atomic mass is 19.4. The number of ether oxygens (including phenoxy) is 1. The predicted octanol–water partition coefficient (Wildman–Crippen LogP) is 2.95. The van der Waals surface area contributed by atoms with E-state index in [2.05, 4.69) is 5.10 Å². The average molecular weight is 382 g/mol. The zero-order valence-electron chi connectivity index (χ0n) is 15.1. The Labute approximate surface area is 154 Å². The molecule has 9 heteroatoms. The van der Waals surface area contributed by atoms with Gasteiger partial charge in [0.2, 0.25) is 0 Å². The van der Waals surface area contributed by atoms with Gasteiger partial charge in [0.15, 0.2) is 0 Å². The first-order chi connectivity index (χ1) is 12.7. The van der Waals surface area contributed by atoms with Crippen LogP contribution in [0.3, 0.4) is 0 Å². The number of benzene rings is 1. The third-order valence-electron chi connectivity index (χ3n) is 4.88. The number of nitrogens with two attached hydrogens (primary N) is 1. The van der Waals surface area contributed by atoms with Gasteiger partial charge < -0.3 is 15.4 Å². The highest BCUT2D eigenvalue weighted by molar-refractivity contribution is 5.82. The molecule has 0 spiro atoms. The Bertz CT molecular complexity index is 840. The van der Waals surface area contributed by atoms with Crippen LogP contribution < -0.4 is 10.5 Å². The summed E-state index contributed by atoms with van der Waals surface area (Å²) < 4.78 is 44.9. The maximum atomic E-state index is 12.7. The fourth-order valence-electron chi connectivity index (χ4n) is 3.51. The molecule has 0 unspecified atom stereocenters. The molecule has 0 atom stereocenters. The van der Waals surface area contributed by atoms with E-state index >= 15 is 0 Å². The monoisotopic (exact) mass is 382 g/mol. The Morgan fingerprint density at radius 1 is 1.30 bits per heavy atom. The van der Waals surface area contributed by atoms with Gasteiger partial charge in [-0.3, -0.25) is 9.48 Å². The highest BCUT2D eigenvalue weighted by Gasteiger charge is 2.43. The van der Waals surface area contributed by atoms with Crippen LogP contribution in [0.5, 0.6) is 5.75 Å². The number of methoxy groups -OCH3 is 1. The van der Waals surface area contributed by atoms with Gasteiger partial charge in [-0.2, -0.15) is 18.3 Å². The van der Waals surface area contributed by atoms with Gasteiger partial charge in [0.05, 0.1) is 19.0 Å². The van der Waals surface area contributed by atoms with Crippen molar-refractivity contribution >= 4 is 11.6 Å². The number of carbonyl (C=O) groups excluding carboxylic acids is 1. The lowest BCUT2D eigenvalue weighted by Gasteiger charge is -2.33. The van der Waals surface area contributed by atoms with E-state index in [0.717, 1.165) is 21.6 Å². The van der Waals surface area contributed by atoms with E-state index in [1.165, 1.54) is 7.11 Å². The maximum Gasteiger partial charge on any atom is 0.471 e. The quantitative estimate of drug-likeness (QED) is 0.829. The molecule has 2 aromatic rings. The van der Waals surface area contributed by atoms with Crippen molar-refractivity contribution in [2.24, 2.45) is 7.05 Å². The molecule has 0 saturated carbocycles. The van der Waals surface area contributed by atoms with Gasteiger partial charge in [0, 0.05) is 31.9 Å². The third kappa shape index (κ3) is 3.86. The lowest BCUT2D eigenvalue weighted by atomic mass is 9.84. The van der Waals surface area contributed by atoms with E-state index in [4.69, 9.17) is 10.5 Å². The van der Waals surface area contributed by atoms with Crippen LogP contribution in [0.1, 0.15) is 24.3 Å². The van der Waals surface area contributed by atoms with Gasteiger partial charge in [-0.15, -0.1) is 0 Å². The first-order valence-corrected chi connectivity index (χ1v) is 8.53. The van der Waals surface area contributed by atoms with Crippen LogP contribution in [-0.2, 0) is 11.8 Å². The lowest BCUT2D eigenvalue weighted by Crippen LogP contribution is -2.45. The van der Waals surface area contributed by atoms with Gasteiger partial charge in [-0.25, -0.2) is 0 Å². The molecular formula is C18H21F3N4O2. The number of likely N-dealkylation sites (tertiary alicyclic amines) is 1. The van der Waals surface area contributed by atoms with Gasteiger partial charge >= 0.3 is 12.1 Å². The van der Waals surface area contributed by atoms with Crippen LogP contribution in [-0.4, -0.2) is 47.0 Å². The summed E-state index contributed by atoms with van der Waals surface area (Å²) in [6, 6.07) is 3.64. The second kappa shape index (κ2) is 7.13. The van der Waals surface area contributed by atoms with Crippen LogP contribution in [0.2, 0.25) is 0 Å². The van der Waals surface area contributed by atoms with Crippen molar-refractivity contribution in [3.8, 4) is 16.9 Å². The van der Waals surface area contributed by atoms with Crippen molar-refractivity contribution < 1.29 is 22.7 Å². The van der Waals surface area contributed by atoms with E-state index in [1.807, 2.05) is 12.3 Å². The van der Waals surface area contributed by atoms with E-state index in [0.29, 0.717) is 24.3 Å². The Balaban J connectivity index is 1.89. The van der Waals surface area contributed by atoms with Crippen molar-refractivity contribution in [2.45, 2.75) is 24.9 Å². The van der Waals surface area contributed by atoms with Crippen molar-refractivity contribution in [2.75, 3.05) is 25.9 Å². The number of aryl methyl sites for hydroxylation is 1. The molecule has 1 saturated heterocycles. The second-order valence-corrected chi connectivity index (χ2v) is 6.65. The lowest BCUT2D eigenvalue weighted by molar-refractivity contribution is -0.186. The van der Waals surface area contributed by atoms with Crippen molar-refractivity contribution in [1.29, 1.82) is 0 Å². The molecule has 1 amide bonds. The molecule has 1 aliphatic rings. The molecule has 2 heterocycles. The van der Waals surface area contributed by atoms with Crippen LogP contribution in [0, 0.1) is 0 Å². The minimum absolute atomic E-state index is 0.00742. The van der Waals surface area contributed by atoms with Crippen molar-refractivity contribution in [3.05, 3.63) is 30.1 Å². The number of hydrogen-bond donors (Lipinski definition) is 1. The molecule has 1 aromatic carbocycles. The number of piperidine rings is 1. The summed E-state index contributed by atoms with van der Waals surface area (Å²) in [6.07, 6.45) is -0.400. The standard InChI is InChI=1S/C18H21F3N4O2/c1-24-10-12(9-23-24)13-7-15(22)16(27-2)8-14(13)11-3-5-25(6-4-11)17(26)18(19,20)21/h7-11H,3-6,22H2,1-2H3. The van der Waals surface area contributed by atoms with Crippen LogP contribution in [0.25, 0.3) is 11.1 Å². The predicted molar refractivity (Wildman–Crippen MR) is 94.2 cm³/mol. The van der Waals surface area contributed by atoms with E-state index < -0.39 is 12.1 Å². The number of nitrogen functional groups attached to an aromatic ring is 1. The Morgan fingerprint density at radius 3 is 2.48 bits per heavy atom. The largest absolute Gasteiger partial charge is 0.495 e. The number of amides is 1. The molecule has 6 nitrogen and oxygen atoms in total. The SMILES string of the molecule is COc1cc(C2CCN(C(=O)C(F)(F)F)CC2)c(-c2cnn(C)c2)cc1N. The Morgan fingerprint density at radius 2 is 1.96 bits per heavy atom. The maximum absolute atomic E-state index is 12.7. The second-order valence-electron chi connectivity index (χ2n) is 6.65. The molecule has 0 radical (unpaired) electrons. The zero-order valence-corrected chi connectivity index (χ0v) is 15.1. The average Bonchev–Trinajstić information content (AvgIpc) is 3.06. The highest BCUT2D eigenvalue weighted by Crippen LogP contribution is 2.40. The first-order valence-electron chi connectivity index (χ1n) is 8.53. The van der Waals surface area contributed by atoms with Crippen LogP contribution in [0.4, 0.5) is 18.9 Å². The summed E-state index contributed by atoms with van der Waals surface area (Å²) in [5.41, 5.74) is 9.22. The molecule has 0 aliphatic carbocycles. The first kappa shape index (κ1) is 19.1. The Kier molecular flexibility index (Phi) is 5.03. The number of nitrogens with zero attached hydrogens (tertiary/aromatic N) is 3. The number of aromatic nitrogens is 2. The molecule has 1 fully saturated rings. The molecule has 1 aliphatic heterocycles. The number of alkyl halides is 3. The normalized spacial score (nSPS) is 15.8. The summed E-state index contributed by atoms with van der Waals surface area (Å²) in [5.74, 6) is -1.26. The van der Waals surface area contributed by atoms with E-state index in [1.54, 1.807) is 24.0 Å². The minimum Gasteiger partial charge on any atom is -0.495 e. The zero-order chi connectivity index (χ0) is 19.8. The third-order valence-corrected chi connectivity index (χ3v) is 4.88. The molecule has 0 bridgehead atoms. The van der Waals surface area contributed by atoms with Crippen molar-refractivity contribution in [3.63, 3.8) is 0 Å².